The zero-order valence-electron chi connectivity index (χ0n) is 10.9. The van der Waals surface area contributed by atoms with E-state index in [1.54, 1.807) is 24.5 Å². The zero-order valence-corrected chi connectivity index (χ0v) is 10.9. The molecule has 0 bridgehead atoms. The van der Waals surface area contributed by atoms with E-state index in [1.807, 2.05) is 48.8 Å². The van der Waals surface area contributed by atoms with Gasteiger partial charge in [-0.2, -0.15) is 0 Å². The maximum atomic E-state index is 11.2. The van der Waals surface area contributed by atoms with Gasteiger partial charge in [0.15, 0.2) is 0 Å². The number of pyridine rings is 1. The smallest absolute Gasteiger partial charge is 0.249 e. The van der Waals surface area contributed by atoms with Crippen molar-refractivity contribution in [3.63, 3.8) is 0 Å². The summed E-state index contributed by atoms with van der Waals surface area (Å²) in [6, 6.07) is 14.8. The van der Waals surface area contributed by atoms with E-state index >= 15 is 0 Å². The Morgan fingerprint density at radius 3 is 2.30 bits per heavy atom. The molecule has 20 heavy (non-hydrogen) atoms. The van der Waals surface area contributed by atoms with E-state index in [1.165, 1.54) is 0 Å². The fourth-order valence-electron chi connectivity index (χ4n) is 1.75. The normalized spacial score (nSPS) is 9.40. The van der Waals surface area contributed by atoms with Crippen LogP contribution in [0.3, 0.4) is 0 Å². The van der Waals surface area contributed by atoms with Gasteiger partial charge in [0.25, 0.3) is 0 Å². The molecule has 0 unspecified atom stereocenters. The summed E-state index contributed by atoms with van der Waals surface area (Å²) in [6.45, 7) is 0. The first-order chi connectivity index (χ1) is 9.79. The average molecular weight is 265 g/mol. The quantitative estimate of drug-likeness (QED) is 0.747. The minimum Gasteiger partial charge on any atom is -0.368 e. The predicted molar refractivity (Wildman–Crippen MR) is 79.0 cm³/mol. The van der Waals surface area contributed by atoms with Gasteiger partial charge in [-0.15, -0.1) is 0 Å². The molecular formula is C16H15N3O. The number of hydrogen-bond acceptors (Lipinski definition) is 2. The van der Waals surface area contributed by atoms with Gasteiger partial charge in [-0.25, -0.2) is 0 Å². The molecule has 0 aliphatic heterocycles. The van der Waals surface area contributed by atoms with Crippen LogP contribution in [0.4, 0.5) is 0 Å². The van der Waals surface area contributed by atoms with Crippen molar-refractivity contribution >= 4 is 5.91 Å². The zero-order chi connectivity index (χ0) is 14.2. The molecule has 2 aromatic heterocycles. The summed E-state index contributed by atoms with van der Waals surface area (Å²) in [4.78, 5) is 18.1. The molecule has 1 amide bonds. The number of nitrogens with two attached hydrogens (primary N) is 1. The van der Waals surface area contributed by atoms with Gasteiger partial charge < -0.3 is 10.7 Å². The summed E-state index contributed by atoms with van der Waals surface area (Å²) in [5.41, 5.74) is 7.52. The molecule has 0 spiro atoms. The lowest BCUT2D eigenvalue weighted by Gasteiger charge is -2.05. The Morgan fingerprint density at radius 1 is 1.00 bits per heavy atom. The van der Waals surface area contributed by atoms with Crippen LogP contribution >= 0.6 is 0 Å². The van der Waals surface area contributed by atoms with Crippen molar-refractivity contribution in [2.45, 2.75) is 0 Å². The lowest BCUT2D eigenvalue weighted by molar-refractivity contribution is 0.100. The van der Waals surface area contributed by atoms with Gasteiger partial charge in [0.2, 0.25) is 5.91 Å². The maximum Gasteiger partial charge on any atom is 0.249 e. The van der Waals surface area contributed by atoms with Crippen molar-refractivity contribution in [3.8, 4) is 11.1 Å². The van der Waals surface area contributed by atoms with Gasteiger partial charge in [0.1, 0.15) is 0 Å². The second-order valence-electron chi connectivity index (χ2n) is 4.04. The molecule has 0 fully saturated rings. The van der Waals surface area contributed by atoms with E-state index < -0.39 is 5.91 Å². The Kier molecular flexibility index (Phi) is 4.67. The summed E-state index contributed by atoms with van der Waals surface area (Å²) >= 11 is 0. The molecule has 0 saturated heterocycles. The van der Waals surface area contributed by atoms with Crippen LogP contribution in [0.1, 0.15) is 10.4 Å². The van der Waals surface area contributed by atoms with Crippen LogP contribution in [0.2, 0.25) is 0 Å². The van der Waals surface area contributed by atoms with E-state index in [4.69, 9.17) is 5.73 Å². The van der Waals surface area contributed by atoms with Crippen LogP contribution in [-0.2, 0) is 0 Å². The molecule has 1 aromatic carbocycles. The molecular weight excluding hydrogens is 250 g/mol. The SMILES string of the molecule is NC(=O)c1ccccc1-c1cccnc1.c1cc[nH]c1. The lowest BCUT2D eigenvalue weighted by Crippen LogP contribution is -2.12. The Hall–Kier alpha value is -2.88. The minimum absolute atomic E-state index is 0.422. The Bertz CT molecular complexity index is 631. The number of rotatable bonds is 2. The number of nitrogens with one attached hydrogen (secondary N) is 1. The summed E-state index contributed by atoms with van der Waals surface area (Å²) < 4.78 is 0. The third kappa shape index (κ3) is 3.55. The van der Waals surface area contributed by atoms with Gasteiger partial charge in [-0.1, -0.05) is 24.3 Å². The monoisotopic (exact) mass is 265 g/mol. The van der Waals surface area contributed by atoms with E-state index in [-0.39, 0.29) is 0 Å². The average Bonchev–Trinajstić information content (AvgIpc) is 3.08. The van der Waals surface area contributed by atoms with Crippen LogP contribution in [0.5, 0.6) is 0 Å². The predicted octanol–water partition coefficient (Wildman–Crippen LogP) is 2.86. The van der Waals surface area contributed by atoms with Gasteiger partial charge >= 0.3 is 0 Å². The standard InChI is InChI=1S/C12H10N2O.C4H5N/c13-12(15)11-6-2-1-5-10(11)9-4-3-7-14-8-9;1-2-4-5-3-1/h1-8H,(H2,13,15);1-5H. The van der Waals surface area contributed by atoms with Crippen molar-refractivity contribution in [3.05, 3.63) is 78.9 Å². The van der Waals surface area contributed by atoms with Gasteiger partial charge in [0, 0.05) is 35.9 Å². The van der Waals surface area contributed by atoms with E-state index in [0.717, 1.165) is 11.1 Å². The highest BCUT2D eigenvalue weighted by atomic mass is 16.1. The van der Waals surface area contributed by atoms with Crippen molar-refractivity contribution in [2.24, 2.45) is 5.73 Å². The Balaban J connectivity index is 0.000000247. The molecule has 3 aromatic rings. The summed E-state index contributed by atoms with van der Waals surface area (Å²) in [5, 5.41) is 0. The highest BCUT2D eigenvalue weighted by Crippen LogP contribution is 2.21. The molecule has 3 rings (SSSR count). The highest BCUT2D eigenvalue weighted by molar-refractivity contribution is 5.99. The first-order valence-corrected chi connectivity index (χ1v) is 6.16. The minimum atomic E-state index is -0.422. The van der Waals surface area contributed by atoms with Gasteiger partial charge in [0.05, 0.1) is 0 Å². The first-order valence-electron chi connectivity index (χ1n) is 6.16. The molecule has 0 radical (unpaired) electrons. The van der Waals surface area contributed by atoms with Crippen LogP contribution < -0.4 is 5.73 Å². The number of hydrogen-bond donors (Lipinski definition) is 2. The number of carbonyl (C=O) groups excluding carboxylic acids is 1. The molecule has 100 valence electrons. The fraction of sp³-hybridized carbons (Fsp3) is 0. The molecule has 0 aliphatic rings. The molecule has 4 heteroatoms. The largest absolute Gasteiger partial charge is 0.368 e. The fourth-order valence-corrected chi connectivity index (χ4v) is 1.75. The van der Waals surface area contributed by atoms with Gasteiger partial charge in [-0.3, -0.25) is 9.78 Å². The number of carbonyl (C=O) groups is 1. The van der Waals surface area contributed by atoms with E-state index in [9.17, 15) is 4.79 Å². The third-order valence-electron chi connectivity index (χ3n) is 2.66. The van der Waals surface area contributed by atoms with E-state index in [2.05, 4.69) is 9.97 Å². The first kappa shape index (κ1) is 13.5. The van der Waals surface area contributed by atoms with Crippen LogP contribution in [0, 0.1) is 0 Å². The molecule has 2 heterocycles. The topological polar surface area (TPSA) is 71.8 Å². The number of H-pyrrole nitrogens is 1. The van der Waals surface area contributed by atoms with Crippen LogP contribution in [0.25, 0.3) is 11.1 Å². The van der Waals surface area contributed by atoms with Crippen molar-refractivity contribution in [2.75, 3.05) is 0 Å². The maximum absolute atomic E-state index is 11.2. The number of benzene rings is 1. The number of amides is 1. The van der Waals surface area contributed by atoms with Crippen molar-refractivity contribution in [1.82, 2.24) is 9.97 Å². The molecule has 0 aliphatic carbocycles. The summed E-state index contributed by atoms with van der Waals surface area (Å²) in [5.74, 6) is -0.422. The second kappa shape index (κ2) is 6.89. The molecule has 0 atom stereocenters. The number of aromatic amines is 1. The Morgan fingerprint density at radius 2 is 1.75 bits per heavy atom. The number of aromatic nitrogens is 2. The summed E-state index contributed by atoms with van der Waals surface area (Å²) in [6.07, 6.45) is 7.15. The molecule has 0 saturated carbocycles. The lowest BCUT2D eigenvalue weighted by atomic mass is 10.0. The van der Waals surface area contributed by atoms with Crippen LogP contribution in [-0.4, -0.2) is 15.9 Å². The van der Waals surface area contributed by atoms with E-state index in [0.29, 0.717) is 5.56 Å². The second-order valence-corrected chi connectivity index (χ2v) is 4.04. The highest BCUT2D eigenvalue weighted by Gasteiger charge is 2.08. The van der Waals surface area contributed by atoms with Crippen molar-refractivity contribution in [1.29, 1.82) is 0 Å². The number of nitrogens with zero attached hydrogens (tertiary/aromatic N) is 1. The van der Waals surface area contributed by atoms with Crippen molar-refractivity contribution < 1.29 is 4.79 Å². The number of primary amides is 1. The summed E-state index contributed by atoms with van der Waals surface area (Å²) in [7, 11) is 0. The molecule has 3 N–H and O–H groups in total. The third-order valence-corrected chi connectivity index (χ3v) is 2.66. The molecule has 4 nitrogen and oxygen atoms in total. The van der Waals surface area contributed by atoms with Crippen LogP contribution in [0.15, 0.2) is 73.3 Å². The van der Waals surface area contributed by atoms with Gasteiger partial charge in [-0.05, 0) is 29.8 Å². The Labute approximate surface area is 117 Å².